The van der Waals surface area contributed by atoms with Gasteiger partial charge in [0.25, 0.3) is 5.91 Å². The van der Waals surface area contributed by atoms with Gasteiger partial charge in [-0.2, -0.15) is 0 Å². The first-order valence-electron chi connectivity index (χ1n) is 12.4. The molecule has 0 aromatic heterocycles. The number of rotatable bonds is 9. The minimum absolute atomic E-state index is 0.0513. The molecule has 1 aliphatic heterocycles. The van der Waals surface area contributed by atoms with Crippen molar-refractivity contribution in [3.8, 4) is 0 Å². The van der Waals surface area contributed by atoms with Gasteiger partial charge in [0.1, 0.15) is 6.10 Å². The molecule has 2 aliphatic rings. The van der Waals surface area contributed by atoms with E-state index in [1.807, 2.05) is 29.2 Å². The third-order valence-corrected chi connectivity index (χ3v) is 14.4. The van der Waals surface area contributed by atoms with Gasteiger partial charge in [0.15, 0.2) is 0 Å². The fourth-order valence-electron chi connectivity index (χ4n) is 6.83. The highest BCUT2D eigenvalue weighted by Gasteiger charge is 2.57. The molecule has 1 aromatic carbocycles. The second kappa shape index (κ2) is 9.82. The first-order chi connectivity index (χ1) is 15.1. The molecule has 32 heavy (non-hydrogen) atoms. The minimum Gasteiger partial charge on any atom is -0.413 e. The molecule has 178 valence electrons. The summed E-state index contributed by atoms with van der Waals surface area (Å²) in [6.45, 7) is 18.3. The van der Waals surface area contributed by atoms with Gasteiger partial charge < -0.3 is 14.4 Å². The molecule has 0 spiro atoms. The van der Waals surface area contributed by atoms with Gasteiger partial charge in [-0.05, 0) is 47.9 Å². The first kappa shape index (κ1) is 25.2. The summed E-state index contributed by atoms with van der Waals surface area (Å²) in [4.78, 5) is 15.5. The maximum Gasteiger partial charge on any atom is 0.252 e. The standard InChI is InChI=1S/C27H43NO3Si/c1-8-15-27-16-14-24(31-32(19(2)3,20(4)5)21(6)7)23(17-27)25(29)26(30)28(27)18-22-12-10-9-11-13-22/h8-13,19-21,23-25,29H,1,14-18H2,2-7H3/t23-,24+,25-,27-/m0/s1. The largest absolute Gasteiger partial charge is 0.413 e. The Kier molecular flexibility index (Phi) is 7.73. The highest BCUT2D eigenvalue weighted by atomic mass is 28.4. The second-order valence-corrected chi connectivity index (χ2v) is 16.4. The number of benzene rings is 1. The van der Waals surface area contributed by atoms with Crippen LogP contribution in [0.25, 0.3) is 0 Å². The SMILES string of the molecule is C=CC[C@]12CC[C@@H](O[Si](C(C)C)(C(C)C)C(C)C)[C@H](C1)[C@H](O)C(=O)N2Cc1ccccc1. The smallest absolute Gasteiger partial charge is 0.252 e. The number of likely N-dealkylation sites (tertiary alicyclic amines) is 1. The normalized spacial score (nSPS) is 28.6. The van der Waals surface area contributed by atoms with Gasteiger partial charge in [0.2, 0.25) is 8.32 Å². The van der Waals surface area contributed by atoms with E-state index in [0.29, 0.717) is 23.2 Å². The van der Waals surface area contributed by atoms with Crippen molar-refractivity contribution in [3.63, 3.8) is 0 Å². The Morgan fingerprint density at radius 3 is 2.28 bits per heavy atom. The van der Waals surface area contributed by atoms with Crippen molar-refractivity contribution >= 4 is 14.2 Å². The highest BCUT2D eigenvalue weighted by molar-refractivity contribution is 6.77. The van der Waals surface area contributed by atoms with Crippen LogP contribution in [0.1, 0.15) is 72.8 Å². The average molecular weight is 458 g/mol. The van der Waals surface area contributed by atoms with Gasteiger partial charge in [0.05, 0.1) is 6.10 Å². The summed E-state index contributed by atoms with van der Waals surface area (Å²) in [5.41, 5.74) is 2.25. The van der Waals surface area contributed by atoms with Crippen molar-refractivity contribution in [1.82, 2.24) is 4.90 Å². The summed E-state index contributed by atoms with van der Waals surface area (Å²) < 4.78 is 7.13. The van der Waals surface area contributed by atoms with Crippen LogP contribution in [0, 0.1) is 5.92 Å². The van der Waals surface area contributed by atoms with E-state index >= 15 is 0 Å². The summed E-state index contributed by atoms with van der Waals surface area (Å²) in [6.07, 6.45) is 4.20. The Hall–Kier alpha value is -1.43. The van der Waals surface area contributed by atoms with Gasteiger partial charge in [-0.25, -0.2) is 0 Å². The Balaban J connectivity index is 1.92. The maximum absolute atomic E-state index is 13.5. The van der Waals surface area contributed by atoms with E-state index in [2.05, 4.69) is 60.3 Å². The Bertz CT molecular complexity index is 772. The molecule has 1 aliphatic carbocycles. The van der Waals surface area contributed by atoms with E-state index in [1.165, 1.54) is 0 Å². The molecular formula is C27H43NO3Si. The molecule has 1 amide bonds. The van der Waals surface area contributed by atoms with Crippen LogP contribution in [0.3, 0.4) is 0 Å². The predicted octanol–water partition coefficient (Wildman–Crippen LogP) is 6.07. The van der Waals surface area contributed by atoms with E-state index in [-0.39, 0.29) is 23.5 Å². The zero-order chi connectivity index (χ0) is 23.7. The van der Waals surface area contributed by atoms with E-state index < -0.39 is 14.4 Å². The first-order valence-corrected chi connectivity index (χ1v) is 14.5. The van der Waals surface area contributed by atoms with Crippen LogP contribution < -0.4 is 0 Å². The average Bonchev–Trinajstić information content (AvgIpc) is 2.75. The van der Waals surface area contributed by atoms with E-state index in [0.717, 1.165) is 31.2 Å². The van der Waals surface area contributed by atoms with E-state index in [4.69, 9.17) is 4.43 Å². The third-order valence-electron chi connectivity index (χ3n) is 8.26. The number of aliphatic hydroxyl groups is 1. The lowest BCUT2D eigenvalue weighted by atomic mass is 9.66. The van der Waals surface area contributed by atoms with E-state index in [1.54, 1.807) is 0 Å². The number of carbonyl (C=O) groups is 1. The molecule has 1 N–H and O–H groups in total. The predicted molar refractivity (Wildman–Crippen MR) is 134 cm³/mol. The Labute approximate surface area is 196 Å². The van der Waals surface area contributed by atoms with Crippen molar-refractivity contribution in [3.05, 3.63) is 48.6 Å². The van der Waals surface area contributed by atoms with Gasteiger partial charge in [-0.15, -0.1) is 6.58 Å². The molecule has 1 saturated carbocycles. The van der Waals surface area contributed by atoms with Gasteiger partial charge in [-0.3, -0.25) is 4.79 Å². The third kappa shape index (κ3) is 4.36. The Morgan fingerprint density at radius 2 is 1.75 bits per heavy atom. The second-order valence-electron chi connectivity index (χ2n) is 11.0. The number of aliphatic hydroxyl groups excluding tert-OH is 1. The van der Waals surface area contributed by atoms with E-state index in [9.17, 15) is 9.90 Å². The summed E-state index contributed by atoms with van der Waals surface area (Å²) in [5, 5.41) is 11.2. The molecular weight excluding hydrogens is 414 g/mol. The van der Waals surface area contributed by atoms with Crippen LogP contribution >= 0.6 is 0 Å². The summed E-state index contributed by atoms with van der Waals surface area (Å²) in [5.74, 6) is -0.294. The molecule has 0 radical (unpaired) electrons. The molecule has 5 heteroatoms. The van der Waals surface area contributed by atoms with Crippen molar-refractivity contribution < 1.29 is 14.3 Å². The molecule has 2 bridgehead atoms. The quantitative estimate of drug-likeness (QED) is 0.362. The van der Waals surface area contributed by atoms with Gasteiger partial charge >= 0.3 is 0 Å². The molecule has 3 rings (SSSR count). The van der Waals surface area contributed by atoms with Crippen molar-refractivity contribution in [2.75, 3.05) is 0 Å². The number of amides is 1. The monoisotopic (exact) mass is 457 g/mol. The molecule has 4 nitrogen and oxygen atoms in total. The van der Waals surface area contributed by atoms with Crippen molar-refractivity contribution in [2.45, 2.75) is 108 Å². The topological polar surface area (TPSA) is 49.8 Å². The lowest BCUT2D eigenvalue weighted by Crippen LogP contribution is -2.67. The van der Waals surface area contributed by atoms with Crippen LogP contribution in [-0.4, -0.2) is 42.0 Å². The van der Waals surface area contributed by atoms with Crippen LogP contribution in [-0.2, 0) is 15.8 Å². The number of carbonyl (C=O) groups excluding carboxylic acids is 1. The number of piperidine rings is 1. The van der Waals surface area contributed by atoms with Crippen LogP contribution in [0.4, 0.5) is 0 Å². The lowest BCUT2D eigenvalue weighted by molar-refractivity contribution is -0.175. The zero-order valence-electron chi connectivity index (χ0n) is 20.9. The van der Waals surface area contributed by atoms with Gasteiger partial charge in [-0.1, -0.05) is 78.0 Å². The van der Waals surface area contributed by atoms with Gasteiger partial charge in [0, 0.05) is 18.0 Å². The van der Waals surface area contributed by atoms with Crippen molar-refractivity contribution in [1.29, 1.82) is 0 Å². The molecule has 1 heterocycles. The maximum atomic E-state index is 13.5. The number of fused-ring (bicyclic) bond motifs is 2. The fourth-order valence-corrected chi connectivity index (χ4v) is 12.5. The zero-order valence-corrected chi connectivity index (χ0v) is 21.9. The lowest BCUT2D eigenvalue weighted by Gasteiger charge is -2.58. The molecule has 4 atom stereocenters. The molecule has 0 unspecified atom stereocenters. The van der Waals surface area contributed by atoms with Crippen LogP contribution in [0.2, 0.25) is 16.6 Å². The Morgan fingerprint density at radius 1 is 1.16 bits per heavy atom. The van der Waals surface area contributed by atoms with Crippen LogP contribution in [0.5, 0.6) is 0 Å². The minimum atomic E-state index is -2.10. The summed E-state index contributed by atoms with van der Waals surface area (Å²) >= 11 is 0. The van der Waals surface area contributed by atoms with Crippen LogP contribution in [0.15, 0.2) is 43.0 Å². The molecule has 1 saturated heterocycles. The number of hydrogen-bond donors (Lipinski definition) is 1. The fraction of sp³-hybridized carbons (Fsp3) is 0.667. The molecule has 2 fully saturated rings. The number of hydrogen-bond acceptors (Lipinski definition) is 3. The highest BCUT2D eigenvalue weighted by Crippen LogP contribution is 2.51. The summed E-state index contributed by atoms with van der Waals surface area (Å²) in [7, 11) is -2.10. The van der Waals surface area contributed by atoms with Crippen molar-refractivity contribution in [2.24, 2.45) is 5.92 Å². The summed E-state index contributed by atoms with van der Waals surface area (Å²) in [6, 6.07) is 10.1. The number of nitrogens with zero attached hydrogens (tertiary/aromatic N) is 1. The molecule has 1 aromatic rings.